The third kappa shape index (κ3) is 5.18. The number of aromatic nitrogens is 2. The van der Waals surface area contributed by atoms with E-state index in [1.807, 2.05) is 0 Å². The number of nitrogens with zero attached hydrogens (tertiary/aromatic N) is 2. The molecule has 0 bridgehead atoms. The van der Waals surface area contributed by atoms with Gasteiger partial charge in [0.25, 0.3) is 0 Å². The molecule has 94 valence electrons. The van der Waals surface area contributed by atoms with Crippen LogP contribution < -0.4 is 10.9 Å². The fourth-order valence-electron chi connectivity index (χ4n) is 0.846. The van der Waals surface area contributed by atoms with Crippen molar-refractivity contribution in [3.05, 3.63) is 16.0 Å². The van der Waals surface area contributed by atoms with Gasteiger partial charge in [0.2, 0.25) is 0 Å². The van der Waals surface area contributed by atoms with Crippen LogP contribution in [0.3, 0.4) is 0 Å². The molecule has 17 heavy (non-hydrogen) atoms. The molecule has 1 rings (SSSR count). The molecule has 1 aromatic rings. The molecule has 0 fully saturated rings. The van der Waals surface area contributed by atoms with E-state index in [1.54, 1.807) is 20.8 Å². The van der Waals surface area contributed by atoms with E-state index < -0.39 is 11.7 Å². The zero-order valence-electron chi connectivity index (χ0n) is 9.54. The Labute approximate surface area is 112 Å². The summed E-state index contributed by atoms with van der Waals surface area (Å²) in [5, 5.41) is 0.143. The molecule has 8 heteroatoms. The fourth-order valence-corrected chi connectivity index (χ4v) is 1.26. The average Bonchev–Trinajstić information content (AvgIpc) is 2.17. The Kier molecular flexibility index (Phi) is 4.53. The minimum absolute atomic E-state index is 0.143. The van der Waals surface area contributed by atoms with Gasteiger partial charge in [-0.2, -0.15) is 0 Å². The first kappa shape index (κ1) is 14.0. The predicted molar refractivity (Wildman–Crippen MR) is 67.7 cm³/mol. The number of amides is 1. The fraction of sp³-hybridized carbons (Fsp3) is 0.444. The normalized spacial score (nSPS) is 10.9. The number of hydrogen-bond donors (Lipinski definition) is 2. The molecule has 0 radical (unpaired) electrons. The predicted octanol–water partition coefficient (Wildman–Crippen LogP) is 2.74. The van der Waals surface area contributed by atoms with Crippen LogP contribution in [0.5, 0.6) is 0 Å². The van der Waals surface area contributed by atoms with Gasteiger partial charge in [-0.25, -0.2) is 20.2 Å². The van der Waals surface area contributed by atoms with E-state index in [1.165, 1.54) is 6.20 Å². The quantitative estimate of drug-likeness (QED) is 0.818. The molecule has 1 aromatic heterocycles. The first-order chi connectivity index (χ1) is 7.78. The number of hydrogen-bond acceptors (Lipinski definition) is 5. The highest BCUT2D eigenvalue weighted by Crippen LogP contribution is 2.17. The first-order valence-corrected chi connectivity index (χ1v) is 5.88. The van der Waals surface area contributed by atoms with E-state index in [0.717, 1.165) is 0 Å². The first-order valence-electron chi connectivity index (χ1n) is 4.71. The number of anilines is 1. The highest BCUT2D eigenvalue weighted by Gasteiger charge is 2.16. The van der Waals surface area contributed by atoms with Gasteiger partial charge >= 0.3 is 6.09 Å². The summed E-state index contributed by atoms with van der Waals surface area (Å²) in [6.45, 7) is 5.29. The van der Waals surface area contributed by atoms with E-state index in [2.05, 4.69) is 36.7 Å². The van der Waals surface area contributed by atoms with Gasteiger partial charge in [0.05, 0.1) is 6.20 Å². The molecular formula is C9H12BrClN4O2. The van der Waals surface area contributed by atoms with Crippen molar-refractivity contribution in [3.63, 3.8) is 0 Å². The number of nitrogens with one attached hydrogen (secondary N) is 2. The Morgan fingerprint density at radius 3 is 2.76 bits per heavy atom. The summed E-state index contributed by atoms with van der Waals surface area (Å²) in [7, 11) is 0. The van der Waals surface area contributed by atoms with Crippen LogP contribution in [0.2, 0.25) is 5.15 Å². The minimum atomic E-state index is -0.629. The Hall–Kier alpha value is -1.08. The topological polar surface area (TPSA) is 76.1 Å². The molecule has 0 saturated heterocycles. The van der Waals surface area contributed by atoms with Crippen molar-refractivity contribution in [3.8, 4) is 0 Å². The molecule has 0 aromatic carbocycles. The lowest BCUT2D eigenvalue weighted by Gasteiger charge is -2.19. The summed E-state index contributed by atoms with van der Waals surface area (Å²) in [6.07, 6.45) is 0.816. The monoisotopic (exact) mass is 322 g/mol. The third-order valence-electron chi connectivity index (χ3n) is 1.38. The highest BCUT2D eigenvalue weighted by molar-refractivity contribution is 9.10. The molecule has 0 saturated carbocycles. The van der Waals surface area contributed by atoms with Gasteiger partial charge in [0.15, 0.2) is 11.0 Å². The van der Waals surface area contributed by atoms with E-state index >= 15 is 0 Å². The summed E-state index contributed by atoms with van der Waals surface area (Å²) in [4.78, 5) is 19.1. The maximum absolute atomic E-state index is 11.3. The van der Waals surface area contributed by atoms with Crippen LogP contribution >= 0.6 is 27.5 Å². The molecule has 2 N–H and O–H groups in total. The van der Waals surface area contributed by atoms with E-state index in [0.29, 0.717) is 4.60 Å². The number of carbonyl (C=O) groups is 1. The smallest absolute Gasteiger partial charge is 0.426 e. The Balaban J connectivity index is 2.56. The maximum atomic E-state index is 11.3. The second-order valence-electron chi connectivity index (χ2n) is 4.08. The van der Waals surface area contributed by atoms with Crippen molar-refractivity contribution in [1.29, 1.82) is 0 Å². The summed E-state index contributed by atoms with van der Waals surface area (Å²) < 4.78 is 5.51. The molecule has 0 aliphatic heterocycles. The van der Waals surface area contributed by atoms with Crippen molar-refractivity contribution >= 4 is 39.4 Å². The summed E-state index contributed by atoms with van der Waals surface area (Å²) in [5.41, 5.74) is 4.25. The number of ether oxygens (including phenoxy) is 1. The van der Waals surface area contributed by atoms with Crippen molar-refractivity contribution < 1.29 is 9.53 Å². The van der Waals surface area contributed by atoms with Crippen LogP contribution in [0, 0.1) is 0 Å². The number of hydrazine groups is 1. The van der Waals surface area contributed by atoms with Crippen molar-refractivity contribution in [2.45, 2.75) is 26.4 Å². The average molecular weight is 324 g/mol. The zero-order valence-corrected chi connectivity index (χ0v) is 11.9. The van der Waals surface area contributed by atoms with Crippen molar-refractivity contribution in [2.24, 2.45) is 0 Å². The van der Waals surface area contributed by atoms with Gasteiger partial charge in [0, 0.05) is 0 Å². The van der Waals surface area contributed by atoms with Crippen LogP contribution in [0.15, 0.2) is 10.8 Å². The zero-order chi connectivity index (χ0) is 13.1. The van der Waals surface area contributed by atoms with Crippen molar-refractivity contribution in [2.75, 3.05) is 5.43 Å². The molecular weight excluding hydrogens is 311 g/mol. The number of halogens is 2. The van der Waals surface area contributed by atoms with Crippen molar-refractivity contribution in [1.82, 2.24) is 15.4 Å². The summed E-state index contributed by atoms with van der Waals surface area (Å²) in [5.74, 6) is 0.229. The largest absolute Gasteiger partial charge is 0.443 e. The van der Waals surface area contributed by atoms with E-state index in [-0.39, 0.29) is 11.0 Å². The van der Waals surface area contributed by atoms with Crippen LogP contribution in [0.25, 0.3) is 0 Å². The number of rotatable bonds is 2. The van der Waals surface area contributed by atoms with Gasteiger partial charge in [-0.1, -0.05) is 11.6 Å². The molecule has 0 unspecified atom stereocenters. The lowest BCUT2D eigenvalue weighted by molar-refractivity contribution is 0.0541. The lowest BCUT2D eigenvalue weighted by atomic mass is 10.2. The van der Waals surface area contributed by atoms with Crippen LogP contribution in [-0.4, -0.2) is 21.7 Å². The van der Waals surface area contributed by atoms with Gasteiger partial charge in [-0.15, -0.1) is 0 Å². The number of carbonyl (C=O) groups excluding carboxylic acids is 1. The van der Waals surface area contributed by atoms with Crippen LogP contribution in [0.4, 0.5) is 10.6 Å². The summed E-state index contributed by atoms with van der Waals surface area (Å²) in [6, 6.07) is 0. The van der Waals surface area contributed by atoms with Crippen LogP contribution in [-0.2, 0) is 4.74 Å². The molecule has 0 spiro atoms. The highest BCUT2D eigenvalue weighted by atomic mass is 79.9. The molecule has 1 heterocycles. The maximum Gasteiger partial charge on any atom is 0.426 e. The van der Waals surface area contributed by atoms with Crippen LogP contribution in [0.1, 0.15) is 20.8 Å². The molecule has 0 aliphatic carbocycles. The molecule has 1 amide bonds. The Morgan fingerprint density at radius 2 is 2.18 bits per heavy atom. The lowest BCUT2D eigenvalue weighted by Crippen LogP contribution is -2.36. The van der Waals surface area contributed by atoms with E-state index in [9.17, 15) is 4.79 Å². The second-order valence-corrected chi connectivity index (χ2v) is 5.25. The molecule has 0 aliphatic rings. The summed E-state index contributed by atoms with van der Waals surface area (Å²) >= 11 is 8.90. The van der Waals surface area contributed by atoms with Gasteiger partial charge in [-0.3, -0.25) is 5.43 Å². The second kappa shape index (κ2) is 5.50. The molecule has 6 nitrogen and oxygen atoms in total. The van der Waals surface area contributed by atoms with E-state index in [4.69, 9.17) is 16.3 Å². The van der Waals surface area contributed by atoms with Gasteiger partial charge < -0.3 is 4.74 Å². The minimum Gasteiger partial charge on any atom is -0.443 e. The van der Waals surface area contributed by atoms with Gasteiger partial charge in [0.1, 0.15) is 10.2 Å². The standard InChI is InChI=1S/C9H12BrClN4O2/c1-9(2,3)17-8(16)15-14-7-6(11)12-4-5(10)13-7/h4H,1-3H3,(H,13,14)(H,15,16). The Bertz CT molecular complexity index is 422. The molecule has 0 atom stereocenters. The van der Waals surface area contributed by atoms with Gasteiger partial charge in [-0.05, 0) is 36.7 Å². The SMILES string of the molecule is CC(C)(C)OC(=O)NNc1nc(Br)cnc1Cl. The Morgan fingerprint density at radius 1 is 1.53 bits per heavy atom. The third-order valence-corrected chi connectivity index (χ3v) is 2.04.